The molecule has 2 rings (SSSR count). The van der Waals surface area contributed by atoms with Crippen molar-refractivity contribution in [2.45, 2.75) is 6.61 Å². The number of hydrogen-bond acceptors (Lipinski definition) is 4. The quantitative estimate of drug-likeness (QED) is 0.812. The molecule has 4 nitrogen and oxygen atoms in total. The van der Waals surface area contributed by atoms with Crippen LogP contribution in [0.1, 0.15) is 11.3 Å². The van der Waals surface area contributed by atoms with Gasteiger partial charge >= 0.3 is 0 Å². The summed E-state index contributed by atoms with van der Waals surface area (Å²) >= 11 is 0. The van der Waals surface area contributed by atoms with Crippen molar-refractivity contribution in [2.24, 2.45) is 0 Å². The van der Waals surface area contributed by atoms with Gasteiger partial charge < -0.3 is 10.5 Å². The van der Waals surface area contributed by atoms with Crippen LogP contribution in [-0.4, -0.2) is 4.98 Å². The molecule has 0 atom stereocenters. The first-order valence-corrected chi connectivity index (χ1v) is 5.12. The molecule has 0 fully saturated rings. The van der Waals surface area contributed by atoms with E-state index in [1.807, 2.05) is 24.3 Å². The summed E-state index contributed by atoms with van der Waals surface area (Å²) in [4.78, 5) is 4.14. The second-order valence-corrected chi connectivity index (χ2v) is 3.47. The molecule has 2 aromatic rings. The topological polar surface area (TPSA) is 71.9 Å². The number of nitrogens with two attached hydrogens (primary N) is 1. The van der Waals surface area contributed by atoms with Crippen LogP contribution in [0.4, 0.5) is 5.69 Å². The third kappa shape index (κ3) is 2.73. The smallest absolute Gasteiger partial charge is 0.144 e. The molecule has 0 unspecified atom stereocenters. The van der Waals surface area contributed by atoms with E-state index in [1.54, 1.807) is 24.4 Å². The van der Waals surface area contributed by atoms with Crippen molar-refractivity contribution in [1.29, 1.82) is 5.26 Å². The van der Waals surface area contributed by atoms with E-state index in [2.05, 4.69) is 4.98 Å². The van der Waals surface area contributed by atoms with Crippen molar-refractivity contribution in [3.05, 3.63) is 53.9 Å². The summed E-state index contributed by atoms with van der Waals surface area (Å²) in [6.07, 6.45) is 1.70. The van der Waals surface area contributed by atoms with Crippen molar-refractivity contribution in [3.8, 4) is 11.8 Å². The molecule has 17 heavy (non-hydrogen) atoms. The summed E-state index contributed by atoms with van der Waals surface area (Å²) in [5.74, 6) is 0.509. The number of nitrogens with zero attached hydrogens (tertiary/aromatic N) is 2. The minimum atomic E-state index is 0.333. The zero-order chi connectivity index (χ0) is 12.1. The van der Waals surface area contributed by atoms with Gasteiger partial charge in [0.2, 0.25) is 0 Å². The number of aromatic nitrogens is 1. The van der Waals surface area contributed by atoms with Crippen LogP contribution in [0.2, 0.25) is 0 Å². The third-order valence-electron chi connectivity index (χ3n) is 2.24. The number of benzene rings is 1. The van der Waals surface area contributed by atoms with Gasteiger partial charge in [0.15, 0.2) is 0 Å². The Bertz CT molecular complexity index is 546. The van der Waals surface area contributed by atoms with E-state index < -0.39 is 0 Å². The number of ether oxygens (including phenoxy) is 1. The van der Waals surface area contributed by atoms with Gasteiger partial charge in [0.25, 0.3) is 0 Å². The third-order valence-corrected chi connectivity index (χ3v) is 2.24. The zero-order valence-electron chi connectivity index (χ0n) is 9.13. The number of pyridine rings is 1. The van der Waals surface area contributed by atoms with Gasteiger partial charge in [-0.1, -0.05) is 6.07 Å². The minimum absolute atomic E-state index is 0.333. The number of nitriles is 1. The normalized spacial score (nSPS) is 9.59. The molecule has 0 saturated carbocycles. The fraction of sp³-hybridized carbons (Fsp3) is 0.0769. The summed E-state index contributed by atoms with van der Waals surface area (Å²) in [6, 6.07) is 12.6. The molecule has 1 heterocycles. The Balaban J connectivity index is 2.12. The molecule has 1 aromatic heterocycles. The molecule has 0 aliphatic heterocycles. The van der Waals surface area contributed by atoms with E-state index in [9.17, 15) is 0 Å². The first-order valence-electron chi connectivity index (χ1n) is 5.12. The van der Waals surface area contributed by atoms with Crippen molar-refractivity contribution in [3.63, 3.8) is 0 Å². The van der Waals surface area contributed by atoms with Crippen molar-refractivity contribution in [1.82, 2.24) is 4.98 Å². The predicted molar refractivity (Wildman–Crippen MR) is 64.1 cm³/mol. The second-order valence-electron chi connectivity index (χ2n) is 3.47. The zero-order valence-corrected chi connectivity index (χ0v) is 9.13. The average Bonchev–Trinajstić information content (AvgIpc) is 2.39. The van der Waals surface area contributed by atoms with Gasteiger partial charge in [0.05, 0.1) is 23.0 Å². The van der Waals surface area contributed by atoms with Crippen LogP contribution in [0.15, 0.2) is 42.6 Å². The first kappa shape index (κ1) is 11.0. The SMILES string of the molecule is N#Cc1ccc(N)c(OCc2ccccn2)c1. The summed E-state index contributed by atoms with van der Waals surface area (Å²) in [6.45, 7) is 0.333. The predicted octanol–water partition coefficient (Wildman–Crippen LogP) is 2.11. The van der Waals surface area contributed by atoms with Gasteiger partial charge in [-0.25, -0.2) is 0 Å². The van der Waals surface area contributed by atoms with Gasteiger partial charge in [0, 0.05) is 12.3 Å². The van der Waals surface area contributed by atoms with Gasteiger partial charge in [-0.05, 0) is 24.3 Å². The van der Waals surface area contributed by atoms with E-state index in [-0.39, 0.29) is 0 Å². The highest BCUT2D eigenvalue weighted by Crippen LogP contribution is 2.23. The fourth-order valence-electron chi connectivity index (χ4n) is 1.36. The van der Waals surface area contributed by atoms with Gasteiger partial charge in [-0.3, -0.25) is 4.98 Å². The van der Waals surface area contributed by atoms with Gasteiger partial charge in [-0.15, -0.1) is 0 Å². The van der Waals surface area contributed by atoms with Gasteiger partial charge in [0.1, 0.15) is 12.4 Å². The van der Waals surface area contributed by atoms with E-state index in [0.717, 1.165) is 5.69 Å². The molecule has 0 spiro atoms. The maximum absolute atomic E-state index is 8.78. The van der Waals surface area contributed by atoms with E-state index >= 15 is 0 Å². The van der Waals surface area contributed by atoms with Crippen molar-refractivity contribution < 1.29 is 4.74 Å². The Morgan fingerprint density at radius 1 is 1.29 bits per heavy atom. The summed E-state index contributed by atoms with van der Waals surface area (Å²) in [7, 11) is 0. The number of anilines is 1. The van der Waals surface area contributed by atoms with Crippen LogP contribution in [0, 0.1) is 11.3 Å². The van der Waals surface area contributed by atoms with Crippen LogP contribution in [0.3, 0.4) is 0 Å². The first-order chi connectivity index (χ1) is 8.29. The Kier molecular flexibility index (Phi) is 3.22. The molecule has 1 aromatic carbocycles. The highest BCUT2D eigenvalue weighted by molar-refractivity contribution is 5.56. The molecular formula is C13H11N3O. The minimum Gasteiger partial charge on any atom is -0.485 e. The molecule has 84 valence electrons. The fourth-order valence-corrected chi connectivity index (χ4v) is 1.36. The van der Waals surface area contributed by atoms with E-state index in [1.165, 1.54) is 0 Å². The van der Waals surface area contributed by atoms with E-state index in [4.69, 9.17) is 15.7 Å². The Labute approximate surface area is 99.3 Å². The molecule has 0 amide bonds. The summed E-state index contributed by atoms with van der Waals surface area (Å²) in [5.41, 5.74) is 7.60. The lowest BCUT2D eigenvalue weighted by molar-refractivity contribution is 0.303. The van der Waals surface area contributed by atoms with Crippen LogP contribution in [0.25, 0.3) is 0 Å². The van der Waals surface area contributed by atoms with Crippen LogP contribution < -0.4 is 10.5 Å². The summed E-state index contributed by atoms with van der Waals surface area (Å²) in [5, 5.41) is 8.78. The molecule has 0 aliphatic carbocycles. The molecule has 0 saturated heterocycles. The molecule has 0 radical (unpaired) electrons. The molecule has 4 heteroatoms. The number of nitrogen functional groups attached to an aromatic ring is 1. The molecule has 2 N–H and O–H groups in total. The lowest BCUT2D eigenvalue weighted by atomic mass is 10.2. The van der Waals surface area contributed by atoms with Crippen LogP contribution in [0.5, 0.6) is 5.75 Å². The number of rotatable bonds is 3. The lowest BCUT2D eigenvalue weighted by Gasteiger charge is -2.08. The molecular weight excluding hydrogens is 214 g/mol. The second kappa shape index (κ2) is 4.99. The summed E-state index contributed by atoms with van der Waals surface area (Å²) < 4.78 is 5.53. The maximum atomic E-state index is 8.78. The Morgan fingerprint density at radius 2 is 2.18 bits per heavy atom. The van der Waals surface area contributed by atoms with Gasteiger partial charge in [-0.2, -0.15) is 5.26 Å². The van der Waals surface area contributed by atoms with Crippen molar-refractivity contribution in [2.75, 3.05) is 5.73 Å². The molecule has 0 aliphatic rings. The lowest BCUT2D eigenvalue weighted by Crippen LogP contribution is -2.00. The maximum Gasteiger partial charge on any atom is 0.144 e. The van der Waals surface area contributed by atoms with E-state index in [0.29, 0.717) is 23.6 Å². The van der Waals surface area contributed by atoms with Crippen LogP contribution in [-0.2, 0) is 6.61 Å². The highest BCUT2D eigenvalue weighted by atomic mass is 16.5. The monoisotopic (exact) mass is 225 g/mol. The largest absolute Gasteiger partial charge is 0.485 e. The average molecular weight is 225 g/mol. The molecule has 0 bridgehead atoms. The number of hydrogen-bond donors (Lipinski definition) is 1. The Morgan fingerprint density at radius 3 is 2.88 bits per heavy atom. The standard InChI is InChI=1S/C13H11N3O/c14-8-10-4-5-12(15)13(7-10)17-9-11-3-1-2-6-16-11/h1-7H,9,15H2. The van der Waals surface area contributed by atoms with Crippen LogP contribution >= 0.6 is 0 Å². The Hall–Kier alpha value is -2.54. The highest BCUT2D eigenvalue weighted by Gasteiger charge is 2.03. The van der Waals surface area contributed by atoms with Crippen molar-refractivity contribution >= 4 is 5.69 Å².